The Bertz CT molecular complexity index is 245. The van der Waals surface area contributed by atoms with Crippen LogP contribution < -0.4 is 5.32 Å². The molecule has 3 heteroatoms. The van der Waals surface area contributed by atoms with Gasteiger partial charge in [0.05, 0.1) is 6.10 Å². The number of nitrogens with zero attached hydrogens (tertiary/aromatic N) is 1. The number of hydrogen-bond donors (Lipinski definition) is 1. The first kappa shape index (κ1) is 15.3. The number of nitrogens with one attached hydrogen (secondary N) is 1. The number of piperidine rings is 1. The normalized spacial score (nSPS) is 31.1. The quantitative estimate of drug-likeness (QED) is 0.768. The molecule has 1 aliphatic heterocycles. The summed E-state index contributed by atoms with van der Waals surface area (Å²) in [4.78, 5) is 2.62. The van der Waals surface area contributed by atoms with E-state index in [1.165, 1.54) is 51.7 Å². The van der Waals surface area contributed by atoms with Gasteiger partial charge >= 0.3 is 0 Å². The highest BCUT2D eigenvalue weighted by Crippen LogP contribution is 2.26. The van der Waals surface area contributed by atoms with Gasteiger partial charge in [0.25, 0.3) is 0 Å². The highest BCUT2D eigenvalue weighted by Gasteiger charge is 2.32. The van der Waals surface area contributed by atoms with Crippen LogP contribution in [-0.4, -0.2) is 49.3 Å². The topological polar surface area (TPSA) is 24.5 Å². The third kappa shape index (κ3) is 4.44. The second-order valence-corrected chi connectivity index (χ2v) is 6.38. The molecule has 19 heavy (non-hydrogen) atoms. The maximum atomic E-state index is 5.63. The Labute approximate surface area is 119 Å². The predicted molar refractivity (Wildman–Crippen MR) is 80.5 cm³/mol. The van der Waals surface area contributed by atoms with Crippen LogP contribution in [0.5, 0.6) is 0 Å². The molecule has 1 unspecified atom stereocenters. The lowest BCUT2D eigenvalue weighted by atomic mass is 9.85. The summed E-state index contributed by atoms with van der Waals surface area (Å²) in [5.74, 6) is 0.874. The fraction of sp³-hybridized carbons (Fsp3) is 1.00. The smallest absolute Gasteiger partial charge is 0.0604 e. The van der Waals surface area contributed by atoms with Gasteiger partial charge in [-0.2, -0.15) is 0 Å². The van der Waals surface area contributed by atoms with Gasteiger partial charge in [-0.1, -0.05) is 6.92 Å². The minimum Gasteiger partial charge on any atom is -0.378 e. The minimum atomic E-state index is 0.529. The van der Waals surface area contributed by atoms with Crippen molar-refractivity contribution in [3.8, 4) is 0 Å². The standard InChI is InChI=1S/C16H32N2O/c1-4-8-18-9-6-14(7-10-18)13(3)17-15-11-16(12-15)19-5-2/h13-17H,4-12H2,1-3H3. The Morgan fingerprint density at radius 1 is 1.21 bits per heavy atom. The lowest BCUT2D eigenvalue weighted by molar-refractivity contribution is -0.0146. The maximum absolute atomic E-state index is 5.63. The largest absolute Gasteiger partial charge is 0.378 e. The lowest BCUT2D eigenvalue weighted by Gasteiger charge is -2.41. The average Bonchev–Trinajstić information content (AvgIpc) is 2.37. The molecule has 1 saturated carbocycles. The third-order valence-corrected chi connectivity index (χ3v) is 4.87. The third-order valence-electron chi connectivity index (χ3n) is 4.87. The summed E-state index contributed by atoms with van der Waals surface area (Å²) in [6.45, 7) is 11.5. The van der Waals surface area contributed by atoms with Crippen LogP contribution in [0.15, 0.2) is 0 Å². The van der Waals surface area contributed by atoms with Gasteiger partial charge in [0.1, 0.15) is 0 Å². The number of likely N-dealkylation sites (tertiary alicyclic amines) is 1. The van der Waals surface area contributed by atoms with Gasteiger partial charge in [-0.15, -0.1) is 0 Å². The maximum Gasteiger partial charge on any atom is 0.0604 e. The van der Waals surface area contributed by atoms with Crippen molar-refractivity contribution in [3.05, 3.63) is 0 Å². The molecule has 1 saturated heterocycles. The Kier molecular flexibility index (Phi) is 6.11. The Morgan fingerprint density at radius 2 is 1.89 bits per heavy atom. The van der Waals surface area contributed by atoms with Crippen molar-refractivity contribution >= 4 is 0 Å². The van der Waals surface area contributed by atoms with Gasteiger partial charge in [-0.3, -0.25) is 0 Å². The second-order valence-electron chi connectivity index (χ2n) is 6.38. The summed E-state index contributed by atoms with van der Waals surface area (Å²) in [6, 6.07) is 1.39. The van der Waals surface area contributed by atoms with E-state index in [9.17, 15) is 0 Å². The molecule has 0 aromatic rings. The van der Waals surface area contributed by atoms with Crippen molar-refractivity contribution in [2.45, 2.75) is 71.1 Å². The zero-order valence-electron chi connectivity index (χ0n) is 13.0. The van der Waals surface area contributed by atoms with Gasteiger partial charge in [0.15, 0.2) is 0 Å². The molecule has 0 aromatic heterocycles. The van der Waals surface area contributed by atoms with Gasteiger partial charge in [-0.05, 0) is 71.5 Å². The molecule has 2 rings (SSSR count). The van der Waals surface area contributed by atoms with Crippen LogP contribution in [0.2, 0.25) is 0 Å². The summed E-state index contributed by atoms with van der Waals surface area (Å²) in [5, 5.41) is 3.82. The Hall–Kier alpha value is -0.120. The molecule has 1 atom stereocenters. The van der Waals surface area contributed by atoms with E-state index in [2.05, 4.69) is 31.0 Å². The van der Waals surface area contributed by atoms with Crippen LogP contribution in [0.3, 0.4) is 0 Å². The fourth-order valence-electron chi connectivity index (χ4n) is 3.57. The van der Waals surface area contributed by atoms with Crippen molar-refractivity contribution < 1.29 is 4.74 Å². The van der Waals surface area contributed by atoms with Crippen LogP contribution in [0.4, 0.5) is 0 Å². The van der Waals surface area contributed by atoms with Gasteiger partial charge in [-0.25, -0.2) is 0 Å². The molecule has 1 heterocycles. The van der Waals surface area contributed by atoms with Crippen LogP contribution in [0.25, 0.3) is 0 Å². The monoisotopic (exact) mass is 268 g/mol. The van der Waals surface area contributed by atoms with E-state index in [4.69, 9.17) is 4.74 Å². The SMILES string of the molecule is CCCN1CCC(C(C)NC2CC(OCC)C2)CC1. The summed E-state index contributed by atoms with van der Waals surface area (Å²) in [5.41, 5.74) is 0. The van der Waals surface area contributed by atoms with E-state index < -0.39 is 0 Å². The molecule has 112 valence electrons. The van der Waals surface area contributed by atoms with Crippen LogP contribution in [0, 0.1) is 5.92 Å². The van der Waals surface area contributed by atoms with Crippen LogP contribution in [-0.2, 0) is 4.74 Å². The van der Waals surface area contributed by atoms with Crippen molar-refractivity contribution in [1.29, 1.82) is 0 Å². The molecule has 1 aliphatic carbocycles. The van der Waals surface area contributed by atoms with E-state index in [0.29, 0.717) is 18.2 Å². The van der Waals surface area contributed by atoms with E-state index >= 15 is 0 Å². The molecule has 2 fully saturated rings. The molecule has 2 aliphatic rings. The Balaban J connectivity index is 1.61. The van der Waals surface area contributed by atoms with Crippen molar-refractivity contribution in [2.24, 2.45) is 5.92 Å². The molecule has 1 N–H and O–H groups in total. The Morgan fingerprint density at radius 3 is 2.47 bits per heavy atom. The summed E-state index contributed by atoms with van der Waals surface area (Å²) >= 11 is 0. The zero-order valence-corrected chi connectivity index (χ0v) is 13.0. The molecule has 3 nitrogen and oxygen atoms in total. The van der Waals surface area contributed by atoms with Gasteiger partial charge in [0.2, 0.25) is 0 Å². The predicted octanol–water partition coefficient (Wildman–Crippen LogP) is 2.65. The summed E-state index contributed by atoms with van der Waals surface area (Å²) in [6.07, 6.45) is 6.99. The first-order chi connectivity index (χ1) is 9.22. The number of hydrogen-bond acceptors (Lipinski definition) is 3. The van der Waals surface area contributed by atoms with Crippen LogP contribution in [0.1, 0.15) is 52.9 Å². The molecule has 0 amide bonds. The lowest BCUT2D eigenvalue weighted by Crippen LogP contribution is -2.52. The van der Waals surface area contributed by atoms with Crippen LogP contribution >= 0.6 is 0 Å². The first-order valence-corrected chi connectivity index (χ1v) is 8.32. The molecular formula is C16H32N2O. The highest BCUT2D eigenvalue weighted by atomic mass is 16.5. The van der Waals surface area contributed by atoms with E-state index in [0.717, 1.165) is 12.5 Å². The van der Waals surface area contributed by atoms with Gasteiger partial charge in [0, 0.05) is 18.7 Å². The van der Waals surface area contributed by atoms with E-state index in [1.807, 2.05) is 0 Å². The van der Waals surface area contributed by atoms with Crippen molar-refractivity contribution in [1.82, 2.24) is 10.2 Å². The minimum absolute atomic E-state index is 0.529. The number of ether oxygens (including phenoxy) is 1. The highest BCUT2D eigenvalue weighted by molar-refractivity contribution is 4.90. The molecule has 0 spiro atoms. The number of rotatable bonds is 7. The van der Waals surface area contributed by atoms with Crippen molar-refractivity contribution in [2.75, 3.05) is 26.2 Å². The van der Waals surface area contributed by atoms with Crippen molar-refractivity contribution in [3.63, 3.8) is 0 Å². The second kappa shape index (κ2) is 7.61. The van der Waals surface area contributed by atoms with E-state index in [1.54, 1.807) is 0 Å². The summed E-state index contributed by atoms with van der Waals surface area (Å²) < 4.78 is 5.63. The summed E-state index contributed by atoms with van der Waals surface area (Å²) in [7, 11) is 0. The first-order valence-electron chi connectivity index (χ1n) is 8.32. The molecule has 0 bridgehead atoms. The molecule has 0 aromatic carbocycles. The van der Waals surface area contributed by atoms with Gasteiger partial charge < -0.3 is 15.0 Å². The fourth-order valence-corrected chi connectivity index (χ4v) is 3.57. The molecular weight excluding hydrogens is 236 g/mol. The molecule has 0 radical (unpaired) electrons. The average molecular weight is 268 g/mol. The van der Waals surface area contributed by atoms with E-state index in [-0.39, 0.29) is 0 Å². The zero-order chi connectivity index (χ0) is 13.7.